The molecule has 0 aliphatic rings. The van der Waals surface area contributed by atoms with Crippen molar-refractivity contribution >= 4 is 17.4 Å². The number of ether oxygens (including phenoxy) is 1. The van der Waals surface area contributed by atoms with E-state index < -0.39 is 0 Å². The lowest BCUT2D eigenvalue weighted by Crippen LogP contribution is -2.44. The van der Waals surface area contributed by atoms with E-state index in [1.807, 2.05) is 35.4 Å². The molecule has 0 saturated heterocycles. The second-order valence-corrected chi connectivity index (χ2v) is 7.88. The fourth-order valence-electron chi connectivity index (χ4n) is 2.79. The van der Waals surface area contributed by atoms with E-state index in [0.29, 0.717) is 25.6 Å². The number of nitrogens with one attached hydrogen (secondary N) is 1. The zero-order chi connectivity index (χ0) is 19.8. The first-order chi connectivity index (χ1) is 13.0. The number of aromatic nitrogens is 1. The molecule has 0 unspecified atom stereocenters. The Morgan fingerprint density at radius 2 is 2.00 bits per heavy atom. The highest BCUT2D eigenvalue weighted by molar-refractivity contribution is 7.09. The Bertz CT molecular complexity index is 730. The van der Waals surface area contributed by atoms with Crippen molar-refractivity contribution in [2.45, 2.75) is 66.2 Å². The van der Waals surface area contributed by atoms with Gasteiger partial charge >= 0.3 is 6.03 Å². The van der Waals surface area contributed by atoms with Crippen molar-refractivity contribution in [3.63, 3.8) is 0 Å². The molecule has 5 nitrogen and oxygen atoms in total. The average Bonchev–Trinajstić information content (AvgIpc) is 3.11. The van der Waals surface area contributed by atoms with Gasteiger partial charge in [-0.05, 0) is 37.8 Å². The number of carbonyl (C=O) groups excluding carboxylic acids is 1. The highest BCUT2D eigenvalue weighted by Crippen LogP contribution is 2.27. The summed E-state index contributed by atoms with van der Waals surface area (Å²) in [5, 5.41) is 5.82. The lowest BCUT2D eigenvalue weighted by Gasteiger charge is -2.27. The molecule has 0 spiro atoms. The number of thiazole rings is 1. The highest BCUT2D eigenvalue weighted by atomic mass is 32.1. The minimum atomic E-state index is -0.0384. The van der Waals surface area contributed by atoms with Gasteiger partial charge in [0.2, 0.25) is 0 Å². The van der Waals surface area contributed by atoms with Gasteiger partial charge in [0.15, 0.2) is 0 Å². The zero-order valence-corrected chi connectivity index (χ0v) is 17.8. The number of hydrogen-bond donors (Lipinski definition) is 1. The van der Waals surface area contributed by atoms with Gasteiger partial charge < -0.3 is 15.0 Å². The van der Waals surface area contributed by atoms with Crippen LogP contribution < -0.4 is 10.1 Å². The van der Waals surface area contributed by atoms with Crippen LogP contribution in [0.4, 0.5) is 4.79 Å². The van der Waals surface area contributed by atoms with E-state index in [9.17, 15) is 4.79 Å². The van der Waals surface area contributed by atoms with Crippen molar-refractivity contribution in [3.8, 4) is 5.75 Å². The van der Waals surface area contributed by atoms with Crippen molar-refractivity contribution in [1.29, 1.82) is 0 Å². The number of rotatable bonds is 9. The molecule has 1 aromatic heterocycles. The number of carbonyl (C=O) groups is 1. The highest BCUT2D eigenvalue weighted by Gasteiger charge is 2.20. The molecule has 0 radical (unpaired) electrons. The van der Waals surface area contributed by atoms with Crippen LogP contribution in [0, 0.1) is 0 Å². The summed E-state index contributed by atoms with van der Waals surface area (Å²) in [6, 6.07) is 8.26. The first kappa shape index (κ1) is 21.2. The third kappa shape index (κ3) is 5.96. The van der Waals surface area contributed by atoms with E-state index in [-0.39, 0.29) is 12.1 Å². The van der Waals surface area contributed by atoms with Gasteiger partial charge in [-0.25, -0.2) is 9.78 Å². The Morgan fingerprint density at radius 3 is 2.67 bits per heavy atom. The summed E-state index contributed by atoms with van der Waals surface area (Å²) < 4.78 is 6.01. The van der Waals surface area contributed by atoms with Gasteiger partial charge in [0.1, 0.15) is 17.4 Å². The molecule has 1 heterocycles. The number of amides is 2. The third-order valence-corrected chi connectivity index (χ3v) is 5.41. The van der Waals surface area contributed by atoms with Gasteiger partial charge in [-0.3, -0.25) is 0 Å². The lowest BCUT2D eigenvalue weighted by molar-refractivity contribution is 0.173. The van der Waals surface area contributed by atoms with Crippen molar-refractivity contribution in [2.75, 3.05) is 6.54 Å². The summed E-state index contributed by atoms with van der Waals surface area (Å²) in [7, 11) is 0. The molecule has 0 bridgehead atoms. The SMILES string of the molecule is CCNC(=O)N(Cc1csc(COc2ccccc2C(C)C)n1)[C@H](C)CC. The molecule has 0 aliphatic carbocycles. The summed E-state index contributed by atoms with van der Waals surface area (Å²) in [5.74, 6) is 1.32. The van der Waals surface area contributed by atoms with Crippen molar-refractivity contribution in [1.82, 2.24) is 15.2 Å². The molecular formula is C21H31N3O2S. The Labute approximate surface area is 166 Å². The van der Waals surface area contributed by atoms with Crippen LogP contribution in [0.5, 0.6) is 5.75 Å². The molecule has 0 aliphatic heterocycles. The normalized spacial score (nSPS) is 12.1. The monoisotopic (exact) mass is 389 g/mol. The molecule has 148 valence electrons. The van der Waals surface area contributed by atoms with Crippen LogP contribution in [-0.2, 0) is 13.2 Å². The van der Waals surface area contributed by atoms with Crippen LogP contribution >= 0.6 is 11.3 Å². The molecule has 1 aromatic carbocycles. The largest absolute Gasteiger partial charge is 0.486 e. The summed E-state index contributed by atoms with van der Waals surface area (Å²) in [6.45, 7) is 12.0. The molecule has 1 atom stereocenters. The Hall–Kier alpha value is -2.08. The molecule has 2 aromatic rings. The number of nitrogens with zero attached hydrogens (tertiary/aromatic N) is 2. The fraction of sp³-hybridized carbons (Fsp3) is 0.524. The maximum Gasteiger partial charge on any atom is 0.317 e. The van der Waals surface area contributed by atoms with Crippen LogP contribution in [0.15, 0.2) is 29.6 Å². The van der Waals surface area contributed by atoms with E-state index in [0.717, 1.165) is 22.9 Å². The maximum atomic E-state index is 12.3. The van der Waals surface area contributed by atoms with Gasteiger partial charge in [-0.1, -0.05) is 39.0 Å². The quantitative estimate of drug-likeness (QED) is 0.643. The number of para-hydroxylation sites is 1. The summed E-state index contributed by atoms with van der Waals surface area (Å²) >= 11 is 1.57. The number of urea groups is 1. The van der Waals surface area contributed by atoms with Crippen molar-refractivity contribution < 1.29 is 9.53 Å². The van der Waals surface area contributed by atoms with Crippen LogP contribution in [0.3, 0.4) is 0 Å². The Morgan fingerprint density at radius 1 is 1.26 bits per heavy atom. The van der Waals surface area contributed by atoms with Crippen molar-refractivity contribution in [3.05, 3.63) is 45.9 Å². The van der Waals surface area contributed by atoms with E-state index in [4.69, 9.17) is 4.74 Å². The van der Waals surface area contributed by atoms with Crippen LogP contribution in [0.25, 0.3) is 0 Å². The summed E-state index contributed by atoms with van der Waals surface area (Å²) in [4.78, 5) is 18.8. The summed E-state index contributed by atoms with van der Waals surface area (Å²) in [6.07, 6.45) is 0.906. The molecule has 27 heavy (non-hydrogen) atoms. The molecule has 0 saturated carbocycles. The van der Waals surface area contributed by atoms with Gasteiger partial charge in [0.25, 0.3) is 0 Å². The topological polar surface area (TPSA) is 54.5 Å². The predicted molar refractivity (Wildman–Crippen MR) is 111 cm³/mol. The minimum Gasteiger partial charge on any atom is -0.486 e. The second kappa shape index (κ2) is 10.3. The van der Waals surface area contributed by atoms with Crippen LogP contribution in [0.2, 0.25) is 0 Å². The van der Waals surface area contributed by atoms with Crippen molar-refractivity contribution in [2.24, 2.45) is 0 Å². The van der Waals surface area contributed by atoms with Gasteiger partial charge in [0, 0.05) is 18.0 Å². The predicted octanol–water partition coefficient (Wildman–Crippen LogP) is 5.18. The molecular weight excluding hydrogens is 358 g/mol. The Kier molecular flexibility index (Phi) is 8.10. The van der Waals surface area contributed by atoms with Crippen LogP contribution in [-0.4, -0.2) is 28.5 Å². The second-order valence-electron chi connectivity index (χ2n) is 6.93. The van der Waals surface area contributed by atoms with E-state index in [2.05, 4.69) is 44.1 Å². The van der Waals surface area contributed by atoms with Gasteiger partial charge in [-0.2, -0.15) is 0 Å². The number of benzene rings is 1. The molecule has 2 amide bonds. The number of hydrogen-bond acceptors (Lipinski definition) is 4. The molecule has 0 fully saturated rings. The maximum absolute atomic E-state index is 12.3. The Balaban J connectivity index is 2.02. The minimum absolute atomic E-state index is 0.0384. The van der Waals surface area contributed by atoms with E-state index in [1.54, 1.807) is 11.3 Å². The van der Waals surface area contributed by atoms with E-state index in [1.165, 1.54) is 5.56 Å². The first-order valence-corrected chi connectivity index (χ1v) is 10.5. The average molecular weight is 390 g/mol. The van der Waals surface area contributed by atoms with Gasteiger partial charge in [-0.15, -0.1) is 11.3 Å². The molecule has 2 rings (SSSR count). The smallest absolute Gasteiger partial charge is 0.317 e. The van der Waals surface area contributed by atoms with Gasteiger partial charge in [0.05, 0.1) is 12.2 Å². The molecule has 6 heteroatoms. The molecule has 1 N–H and O–H groups in total. The van der Waals surface area contributed by atoms with E-state index >= 15 is 0 Å². The summed E-state index contributed by atoms with van der Waals surface area (Å²) in [5.41, 5.74) is 2.11. The zero-order valence-electron chi connectivity index (χ0n) is 17.0. The first-order valence-electron chi connectivity index (χ1n) is 9.65. The fourth-order valence-corrected chi connectivity index (χ4v) is 3.49. The van der Waals surface area contributed by atoms with Crippen LogP contribution in [0.1, 0.15) is 63.2 Å². The lowest BCUT2D eigenvalue weighted by atomic mass is 10.0. The third-order valence-electron chi connectivity index (χ3n) is 4.54. The standard InChI is InChI=1S/C21H31N3O2S/c1-6-16(5)24(21(25)22-7-2)12-17-14-27-20(23-17)13-26-19-11-9-8-10-18(19)15(3)4/h8-11,14-16H,6-7,12-13H2,1-5H3,(H,22,25)/t16-/m1/s1.